The van der Waals surface area contributed by atoms with Crippen LogP contribution >= 0.6 is 0 Å². The molecule has 0 aliphatic heterocycles. The molecular weight excluding hydrogens is 281 g/mol. The summed E-state index contributed by atoms with van der Waals surface area (Å²) in [6, 6.07) is 0. The van der Waals surface area contributed by atoms with Crippen molar-refractivity contribution < 1.29 is 18.3 Å². The molecule has 0 atom stereocenters. The lowest BCUT2D eigenvalue weighted by Gasteiger charge is -2.39. The van der Waals surface area contributed by atoms with Crippen molar-refractivity contribution in [3.8, 4) is 0 Å². The molecule has 2 N–H and O–H groups in total. The highest BCUT2D eigenvalue weighted by Gasteiger charge is 2.35. The zero-order valence-corrected chi connectivity index (χ0v) is 14.0. The molecule has 3 nitrogen and oxygen atoms in total. The second-order valence-electron chi connectivity index (χ2n) is 6.86. The van der Waals surface area contributed by atoms with Gasteiger partial charge < -0.3 is 10.4 Å². The van der Waals surface area contributed by atoms with Crippen LogP contribution in [-0.4, -0.2) is 54.5 Å². The molecular formula is C15H31F3N2O. The maximum absolute atomic E-state index is 12.6. The van der Waals surface area contributed by atoms with Gasteiger partial charge in [-0.1, -0.05) is 13.8 Å². The van der Waals surface area contributed by atoms with E-state index in [-0.39, 0.29) is 24.1 Å². The number of hydrogen-bond acceptors (Lipinski definition) is 3. The average molecular weight is 312 g/mol. The molecule has 0 saturated carbocycles. The van der Waals surface area contributed by atoms with E-state index >= 15 is 0 Å². The van der Waals surface area contributed by atoms with Gasteiger partial charge in [0.1, 0.15) is 0 Å². The van der Waals surface area contributed by atoms with Crippen molar-refractivity contribution in [1.29, 1.82) is 0 Å². The zero-order chi connectivity index (χ0) is 16.7. The van der Waals surface area contributed by atoms with Gasteiger partial charge in [-0.25, -0.2) is 0 Å². The summed E-state index contributed by atoms with van der Waals surface area (Å²) in [5.41, 5.74) is -0.283. The van der Waals surface area contributed by atoms with Crippen LogP contribution in [0.4, 0.5) is 13.2 Å². The van der Waals surface area contributed by atoms with Gasteiger partial charge in [-0.2, -0.15) is 13.2 Å². The Kier molecular flexibility index (Phi) is 8.21. The van der Waals surface area contributed by atoms with Gasteiger partial charge in [-0.3, -0.25) is 4.90 Å². The van der Waals surface area contributed by atoms with Gasteiger partial charge in [0.05, 0.1) is 13.2 Å². The van der Waals surface area contributed by atoms with Crippen molar-refractivity contribution in [1.82, 2.24) is 10.2 Å². The maximum Gasteiger partial charge on any atom is 0.401 e. The fourth-order valence-corrected chi connectivity index (χ4v) is 2.32. The molecule has 0 aromatic heterocycles. The fraction of sp³-hybridized carbons (Fsp3) is 1.00. The van der Waals surface area contributed by atoms with Crippen LogP contribution in [0.2, 0.25) is 0 Å². The van der Waals surface area contributed by atoms with Gasteiger partial charge in [0, 0.05) is 25.2 Å². The minimum absolute atomic E-state index is 0.0524. The van der Waals surface area contributed by atoms with Gasteiger partial charge in [0.2, 0.25) is 0 Å². The minimum Gasteiger partial charge on any atom is -0.395 e. The molecule has 0 fully saturated rings. The normalized spacial score (nSPS) is 14.0. The number of rotatable bonds is 9. The highest BCUT2D eigenvalue weighted by atomic mass is 19.4. The number of aliphatic hydroxyl groups is 1. The summed E-state index contributed by atoms with van der Waals surface area (Å²) >= 11 is 0. The van der Waals surface area contributed by atoms with Crippen molar-refractivity contribution >= 4 is 0 Å². The Morgan fingerprint density at radius 1 is 1.00 bits per heavy atom. The molecule has 6 heteroatoms. The van der Waals surface area contributed by atoms with E-state index in [2.05, 4.69) is 5.32 Å². The van der Waals surface area contributed by atoms with Crippen LogP contribution in [0.5, 0.6) is 0 Å². The predicted molar refractivity (Wildman–Crippen MR) is 80.4 cm³/mol. The minimum atomic E-state index is -4.24. The summed E-state index contributed by atoms with van der Waals surface area (Å²) in [6.07, 6.45) is -2.64. The fourth-order valence-electron chi connectivity index (χ4n) is 2.32. The first-order valence-corrected chi connectivity index (χ1v) is 7.62. The summed E-state index contributed by atoms with van der Waals surface area (Å²) in [4.78, 5) is 1.32. The number of hydrogen-bond donors (Lipinski definition) is 2. The van der Waals surface area contributed by atoms with Crippen molar-refractivity contribution in [3.05, 3.63) is 0 Å². The number of nitrogens with zero attached hydrogens (tertiary/aromatic N) is 1. The van der Waals surface area contributed by atoms with Gasteiger partial charge in [0.25, 0.3) is 0 Å². The smallest absolute Gasteiger partial charge is 0.395 e. The maximum atomic E-state index is 12.6. The van der Waals surface area contributed by atoms with Crippen LogP contribution in [0.3, 0.4) is 0 Å². The molecule has 0 aromatic carbocycles. The first-order valence-electron chi connectivity index (χ1n) is 7.62. The second kappa shape index (κ2) is 8.34. The number of aliphatic hydroxyl groups excluding tert-OH is 1. The standard InChI is InChI=1S/C15H31F3N2O/c1-6-14(7-2,10-19-13(3,4)5)11-20(8-9-21)12-15(16,17)18/h19,21H,6-12H2,1-5H3. The number of alkyl halides is 3. The first-order chi connectivity index (χ1) is 9.47. The molecule has 21 heavy (non-hydrogen) atoms. The quantitative estimate of drug-likeness (QED) is 0.687. The SMILES string of the molecule is CCC(CC)(CNC(C)(C)C)CN(CCO)CC(F)(F)F. The second-order valence-corrected chi connectivity index (χ2v) is 6.86. The van der Waals surface area contributed by atoms with Crippen LogP contribution in [0.15, 0.2) is 0 Å². The zero-order valence-electron chi connectivity index (χ0n) is 14.0. The summed E-state index contributed by atoms with van der Waals surface area (Å²) in [7, 11) is 0. The molecule has 0 aliphatic carbocycles. The molecule has 0 spiro atoms. The topological polar surface area (TPSA) is 35.5 Å². The van der Waals surface area contributed by atoms with Crippen LogP contribution in [0.1, 0.15) is 47.5 Å². The van der Waals surface area contributed by atoms with Gasteiger partial charge >= 0.3 is 6.18 Å². The van der Waals surface area contributed by atoms with Gasteiger partial charge in [-0.05, 0) is 39.0 Å². The van der Waals surface area contributed by atoms with E-state index in [1.807, 2.05) is 34.6 Å². The molecule has 128 valence electrons. The molecule has 0 aliphatic rings. The molecule has 0 bridgehead atoms. The molecule has 0 rings (SSSR count). The van der Waals surface area contributed by atoms with Crippen molar-refractivity contribution in [3.63, 3.8) is 0 Å². The van der Waals surface area contributed by atoms with Gasteiger partial charge in [-0.15, -0.1) is 0 Å². The van der Waals surface area contributed by atoms with Crippen molar-refractivity contribution in [2.75, 3.05) is 32.8 Å². The lowest BCUT2D eigenvalue weighted by atomic mass is 9.81. The van der Waals surface area contributed by atoms with E-state index in [0.717, 1.165) is 12.8 Å². The highest BCUT2D eigenvalue weighted by molar-refractivity contribution is 4.86. The summed E-state index contributed by atoms with van der Waals surface area (Å²) < 4.78 is 37.9. The lowest BCUT2D eigenvalue weighted by molar-refractivity contribution is -0.150. The Balaban J connectivity index is 4.90. The molecule has 0 amide bonds. The van der Waals surface area contributed by atoms with Gasteiger partial charge in [0.15, 0.2) is 0 Å². The van der Waals surface area contributed by atoms with Crippen molar-refractivity contribution in [2.45, 2.75) is 59.2 Å². The summed E-state index contributed by atoms with van der Waals surface area (Å²) in [6.45, 7) is 10.00. The molecule has 0 unspecified atom stereocenters. The van der Waals surface area contributed by atoms with Crippen LogP contribution in [0.25, 0.3) is 0 Å². The lowest BCUT2D eigenvalue weighted by Crippen LogP contribution is -2.50. The first kappa shape index (κ1) is 20.7. The highest BCUT2D eigenvalue weighted by Crippen LogP contribution is 2.29. The predicted octanol–water partition coefficient (Wildman–Crippen LogP) is 3.04. The third-order valence-corrected chi connectivity index (χ3v) is 3.87. The van der Waals surface area contributed by atoms with E-state index < -0.39 is 12.7 Å². The average Bonchev–Trinajstić information content (AvgIpc) is 2.32. The van der Waals surface area contributed by atoms with E-state index in [1.54, 1.807) is 0 Å². The van der Waals surface area contributed by atoms with E-state index in [9.17, 15) is 13.2 Å². The van der Waals surface area contributed by atoms with E-state index in [1.165, 1.54) is 4.90 Å². The van der Waals surface area contributed by atoms with Crippen LogP contribution < -0.4 is 5.32 Å². The monoisotopic (exact) mass is 312 g/mol. The van der Waals surface area contributed by atoms with Crippen LogP contribution in [0, 0.1) is 5.41 Å². The molecule has 0 saturated heterocycles. The molecule has 0 heterocycles. The third-order valence-electron chi connectivity index (χ3n) is 3.87. The Labute approximate surface area is 126 Å². The van der Waals surface area contributed by atoms with Crippen molar-refractivity contribution in [2.24, 2.45) is 5.41 Å². The third kappa shape index (κ3) is 9.32. The Morgan fingerprint density at radius 3 is 1.86 bits per heavy atom. The summed E-state index contributed by atoms with van der Waals surface area (Å²) in [5, 5.41) is 12.4. The molecule has 0 radical (unpaired) electrons. The summed E-state index contributed by atoms with van der Waals surface area (Å²) in [5.74, 6) is 0. The largest absolute Gasteiger partial charge is 0.401 e. The number of nitrogens with one attached hydrogen (secondary N) is 1. The Bertz CT molecular complexity index is 284. The van der Waals surface area contributed by atoms with E-state index in [4.69, 9.17) is 5.11 Å². The molecule has 0 aromatic rings. The number of halogens is 3. The Hall–Kier alpha value is -0.330. The van der Waals surface area contributed by atoms with Crippen LogP contribution in [-0.2, 0) is 0 Å². The van der Waals surface area contributed by atoms with E-state index in [0.29, 0.717) is 13.1 Å². The Morgan fingerprint density at radius 2 is 1.52 bits per heavy atom.